The standard InChI is InChI=1S/C24H32F3N3O2/c1-2-21(31)23(32)22(28)18-8-6-17(7-9-18)10-11-29-12-14-30(15-13-29)20-5-3-4-19(16-20)24(25,26)27/h3-5,16-18,28H,2,6-15H2,1H3. The summed E-state index contributed by atoms with van der Waals surface area (Å²) in [4.78, 5) is 27.9. The van der Waals surface area contributed by atoms with Gasteiger partial charge in [0.2, 0.25) is 11.6 Å². The van der Waals surface area contributed by atoms with Gasteiger partial charge in [-0.3, -0.25) is 14.5 Å². The molecule has 0 aromatic heterocycles. The van der Waals surface area contributed by atoms with Crippen LogP contribution in [0.1, 0.15) is 51.0 Å². The summed E-state index contributed by atoms with van der Waals surface area (Å²) >= 11 is 0. The summed E-state index contributed by atoms with van der Waals surface area (Å²) < 4.78 is 38.9. The van der Waals surface area contributed by atoms with Gasteiger partial charge in [-0.1, -0.05) is 13.0 Å². The maximum absolute atomic E-state index is 13.0. The zero-order chi connectivity index (χ0) is 23.3. The van der Waals surface area contributed by atoms with E-state index in [0.717, 1.165) is 57.8 Å². The van der Waals surface area contributed by atoms with Crippen molar-refractivity contribution in [3.8, 4) is 0 Å². The molecule has 0 unspecified atom stereocenters. The molecule has 1 aromatic rings. The van der Waals surface area contributed by atoms with E-state index in [9.17, 15) is 22.8 Å². The molecule has 0 amide bonds. The van der Waals surface area contributed by atoms with E-state index in [1.165, 1.54) is 12.1 Å². The zero-order valence-corrected chi connectivity index (χ0v) is 18.6. The highest BCUT2D eigenvalue weighted by molar-refractivity contribution is 6.64. The molecule has 2 aliphatic rings. The molecule has 1 saturated carbocycles. The van der Waals surface area contributed by atoms with E-state index in [2.05, 4.69) is 4.90 Å². The van der Waals surface area contributed by atoms with Gasteiger partial charge >= 0.3 is 6.18 Å². The predicted octanol–water partition coefficient (Wildman–Crippen LogP) is 4.59. The summed E-state index contributed by atoms with van der Waals surface area (Å²) in [6.07, 6.45) is 0.373. The number of hydrogen-bond acceptors (Lipinski definition) is 5. The Morgan fingerprint density at radius 1 is 1.06 bits per heavy atom. The van der Waals surface area contributed by atoms with Gasteiger partial charge in [0, 0.05) is 44.2 Å². The third-order valence-corrected chi connectivity index (χ3v) is 6.84. The minimum absolute atomic E-state index is 0.0129. The number of halogens is 3. The maximum atomic E-state index is 13.0. The van der Waals surface area contributed by atoms with Gasteiger partial charge in [-0.15, -0.1) is 0 Å². The number of anilines is 1. The lowest BCUT2D eigenvalue weighted by Crippen LogP contribution is -2.47. The van der Waals surface area contributed by atoms with Gasteiger partial charge in [0.15, 0.2) is 0 Å². The molecule has 1 heterocycles. The molecule has 176 valence electrons. The lowest BCUT2D eigenvalue weighted by Gasteiger charge is -2.37. The highest BCUT2D eigenvalue weighted by atomic mass is 19.4. The highest BCUT2D eigenvalue weighted by Crippen LogP contribution is 2.33. The topological polar surface area (TPSA) is 64.5 Å². The molecule has 8 heteroatoms. The molecule has 0 atom stereocenters. The van der Waals surface area contributed by atoms with E-state index >= 15 is 0 Å². The summed E-state index contributed by atoms with van der Waals surface area (Å²) in [5, 5.41) is 8.04. The third-order valence-electron chi connectivity index (χ3n) is 6.84. The Balaban J connectivity index is 1.40. The Kier molecular flexibility index (Phi) is 8.09. The second-order valence-corrected chi connectivity index (χ2v) is 8.90. The Morgan fingerprint density at radius 2 is 1.72 bits per heavy atom. The van der Waals surface area contributed by atoms with E-state index in [-0.39, 0.29) is 18.1 Å². The first kappa shape index (κ1) is 24.4. The molecule has 1 saturated heterocycles. The molecular formula is C24H32F3N3O2. The Labute approximate surface area is 187 Å². The number of nitrogens with zero attached hydrogens (tertiary/aromatic N) is 2. The van der Waals surface area contributed by atoms with Crippen LogP contribution in [0.4, 0.5) is 18.9 Å². The second kappa shape index (κ2) is 10.6. The van der Waals surface area contributed by atoms with Gasteiger partial charge in [-0.05, 0) is 62.8 Å². The first-order valence-corrected chi connectivity index (χ1v) is 11.5. The monoisotopic (exact) mass is 451 g/mol. The summed E-state index contributed by atoms with van der Waals surface area (Å²) in [5.74, 6) is -0.626. The van der Waals surface area contributed by atoms with Gasteiger partial charge in [-0.2, -0.15) is 13.2 Å². The van der Waals surface area contributed by atoms with Crippen molar-refractivity contribution in [2.75, 3.05) is 37.6 Å². The largest absolute Gasteiger partial charge is 0.416 e. The summed E-state index contributed by atoms with van der Waals surface area (Å²) in [5.41, 5.74) is -0.000708. The number of alkyl halides is 3. The average molecular weight is 452 g/mol. The van der Waals surface area contributed by atoms with Gasteiger partial charge in [0.25, 0.3) is 0 Å². The summed E-state index contributed by atoms with van der Waals surface area (Å²) in [6, 6.07) is 5.53. The molecule has 3 rings (SSSR count). The van der Waals surface area contributed by atoms with Crippen molar-refractivity contribution in [1.29, 1.82) is 5.41 Å². The smallest absolute Gasteiger partial charge is 0.369 e. The van der Waals surface area contributed by atoms with Crippen molar-refractivity contribution in [2.24, 2.45) is 11.8 Å². The van der Waals surface area contributed by atoms with Gasteiger partial charge in [0.1, 0.15) is 0 Å². The first-order chi connectivity index (χ1) is 15.2. The lowest BCUT2D eigenvalue weighted by molar-refractivity contribution is -0.137. The van der Waals surface area contributed by atoms with Crippen molar-refractivity contribution in [3.63, 3.8) is 0 Å². The van der Waals surface area contributed by atoms with Crippen LogP contribution in [0.25, 0.3) is 0 Å². The molecule has 32 heavy (non-hydrogen) atoms. The maximum Gasteiger partial charge on any atom is 0.416 e. The second-order valence-electron chi connectivity index (χ2n) is 8.90. The first-order valence-electron chi connectivity index (χ1n) is 11.5. The molecule has 1 aliphatic carbocycles. The van der Waals surface area contributed by atoms with Gasteiger partial charge in [-0.25, -0.2) is 0 Å². The van der Waals surface area contributed by atoms with Crippen LogP contribution in [0, 0.1) is 17.2 Å². The number of Topliss-reactive ketones (excluding diaryl/α,β-unsaturated/α-hetero) is 2. The van der Waals surface area contributed by atoms with Crippen molar-refractivity contribution in [2.45, 2.75) is 51.6 Å². The van der Waals surface area contributed by atoms with Crippen molar-refractivity contribution in [3.05, 3.63) is 29.8 Å². The fraction of sp³-hybridized carbons (Fsp3) is 0.625. The fourth-order valence-electron chi connectivity index (χ4n) is 4.71. The Morgan fingerprint density at radius 3 is 2.31 bits per heavy atom. The van der Waals surface area contributed by atoms with Crippen LogP contribution >= 0.6 is 0 Å². The van der Waals surface area contributed by atoms with Crippen LogP contribution in [0.5, 0.6) is 0 Å². The number of piperazine rings is 1. The number of benzene rings is 1. The van der Waals surface area contributed by atoms with E-state index in [0.29, 0.717) is 24.7 Å². The van der Waals surface area contributed by atoms with Crippen LogP contribution in [0.15, 0.2) is 24.3 Å². The van der Waals surface area contributed by atoms with Crippen LogP contribution in [0.3, 0.4) is 0 Å². The molecular weight excluding hydrogens is 419 g/mol. The number of rotatable bonds is 8. The number of nitrogens with one attached hydrogen (secondary N) is 1. The molecule has 1 aliphatic heterocycles. The molecule has 0 radical (unpaired) electrons. The van der Waals surface area contributed by atoms with E-state index < -0.39 is 23.3 Å². The van der Waals surface area contributed by atoms with Crippen LogP contribution in [-0.2, 0) is 15.8 Å². The van der Waals surface area contributed by atoms with Crippen molar-refractivity contribution in [1.82, 2.24) is 4.90 Å². The normalized spacial score (nSPS) is 22.6. The van der Waals surface area contributed by atoms with Crippen LogP contribution in [0.2, 0.25) is 0 Å². The lowest BCUT2D eigenvalue weighted by atomic mass is 9.77. The number of ketones is 2. The molecule has 2 fully saturated rings. The van der Waals surface area contributed by atoms with E-state index in [1.54, 1.807) is 13.0 Å². The molecule has 1 N–H and O–H groups in total. The summed E-state index contributed by atoms with van der Waals surface area (Å²) in [6.45, 7) is 5.66. The van der Waals surface area contributed by atoms with Gasteiger partial charge in [0.05, 0.1) is 11.3 Å². The minimum atomic E-state index is -4.33. The third kappa shape index (κ3) is 6.18. The Hall–Kier alpha value is -2.22. The number of carbonyl (C=O) groups excluding carboxylic acids is 2. The van der Waals surface area contributed by atoms with Crippen LogP contribution in [-0.4, -0.2) is 54.9 Å². The van der Waals surface area contributed by atoms with Crippen molar-refractivity contribution < 1.29 is 22.8 Å². The minimum Gasteiger partial charge on any atom is -0.369 e. The van der Waals surface area contributed by atoms with Crippen molar-refractivity contribution >= 4 is 23.0 Å². The Bertz CT molecular complexity index is 824. The number of hydrogen-bond donors (Lipinski definition) is 1. The molecule has 5 nitrogen and oxygen atoms in total. The number of carbonyl (C=O) groups is 2. The molecule has 1 aromatic carbocycles. The van der Waals surface area contributed by atoms with Gasteiger partial charge < -0.3 is 10.3 Å². The highest BCUT2D eigenvalue weighted by Gasteiger charge is 2.32. The zero-order valence-electron chi connectivity index (χ0n) is 18.6. The average Bonchev–Trinajstić information content (AvgIpc) is 2.81. The summed E-state index contributed by atoms with van der Waals surface area (Å²) in [7, 11) is 0. The van der Waals surface area contributed by atoms with E-state index in [4.69, 9.17) is 5.41 Å². The predicted molar refractivity (Wildman–Crippen MR) is 118 cm³/mol. The molecule has 0 spiro atoms. The molecule has 0 bridgehead atoms. The van der Waals surface area contributed by atoms with E-state index in [1.807, 2.05) is 4.90 Å². The fourth-order valence-corrected chi connectivity index (χ4v) is 4.71. The quantitative estimate of drug-likeness (QED) is 0.464. The van der Waals surface area contributed by atoms with Crippen LogP contribution < -0.4 is 4.90 Å². The SMILES string of the molecule is CCC(=O)C(=O)C(=N)C1CCC(CCN2CCN(c3cccc(C(F)(F)F)c3)CC2)CC1.